The molecule has 0 amide bonds. The number of nitrogens with one attached hydrogen (secondary N) is 1. The summed E-state index contributed by atoms with van der Waals surface area (Å²) in [5.41, 5.74) is 2.63. The molecule has 0 aliphatic heterocycles. The van der Waals surface area contributed by atoms with Crippen LogP contribution in [0.5, 0.6) is 0 Å². The molecule has 0 aromatic carbocycles. The quantitative estimate of drug-likeness (QED) is 0.897. The van der Waals surface area contributed by atoms with E-state index in [9.17, 15) is 8.78 Å². The van der Waals surface area contributed by atoms with E-state index in [0.29, 0.717) is 6.54 Å². The monoisotopic (exact) mass is 241 g/mol. The van der Waals surface area contributed by atoms with Crippen molar-refractivity contribution >= 4 is 17.2 Å². The maximum atomic E-state index is 13.2. The van der Waals surface area contributed by atoms with Gasteiger partial charge in [-0.1, -0.05) is 0 Å². The van der Waals surface area contributed by atoms with Gasteiger partial charge in [-0.3, -0.25) is 0 Å². The number of aromatic nitrogens is 2. The third-order valence-corrected chi connectivity index (χ3v) is 3.00. The maximum absolute atomic E-state index is 13.2. The van der Waals surface area contributed by atoms with Gasteiger partial charge in [0.2, 0.25) is 0 Å². The largest absolute Gasteiger partial charge is 0.363 e. The molecule has 84 valence electrons. The molecule has 2 heterocycles. The van der Waals surface area contributed by atoms with Crippen LogP contribution in [0.25, 0.3) is 0 Å². The summed E-state index contributed by atoms with van der Waals surface area (Å²) in [6.07, 6.45) is 0.977. The lowest BCUT2D eigenvalue weighted by Gasteiger charge is -2.05. The second-order valence-corrected chi connectivity index (χ2v) is 4.14. The van der Waals surface area contributed by atoms with E-state index in [2.05, 4.69) is 15.3 Å². The van der Waals surface area contributed by atoms with Crippen molar-refractivity contribution in [3.63, 3.8) is 0 Å². The average Bonchev–Trinajstić information content (AvgIpc) is 2.63. The summed E-state index contributed by atoms with van der Waals surface area (Å²) >= 11 is 1.48. The van der Waals surface area contributed by atoms with E-state index in [1.54, 1.807) is 5.51 Å². The molecule has 0 atom stereocenters. The highest BCUT2D eigenvalue weighted by Gasteiger charge is 2.06. The number of aryl methyl sites for hydroxylation is 1. The second-order valence-electron chi connectivity index (χ2n) is 3.20. The van der Waals surface area contributed by atoms with Gasteiger partial charge in [-0.25, -0.2) is 18.7 Å². The van der Waals surface area contributed by atoms with Crippen LogP contribution >= 0.6 is 11.3 Å². The summed E-state index contributed by atoms with van der Waals surface area (Å²) < 4.78 is 25.8. The van der Waals surface area contributed by atoms with Crippen LogP contribution in [0.15, 0.2) is 17.8 Å². The smallest absolute Gasteiger partial charge is 0.168 e. The highest BCUT2D eigenvalue weighted by molar-refractivity contribution is 7.09. The molecule has 6 heteroatoms. The number of thiazole rings is 1. The number of pyridine rings is 1. The van der Waals surface area contributed by atoms with Crippen LogP contribution in [0.1, 0.15) is 10.6 Å². The first-order chi connectivity index (χ1) is 7.66. The zero-order valence-electron chi connectivity index (χ0n) is 8.50. The molecule has 0 aliphatic carbocycles. The van der Waals surface area contributed by atoms with Gasteiger partial charge in [0.25, 0.3) is 0 Å². The molecule has 0 aliphatic rings. The summed E-state index contributed by atoms with van der Waals surface area (Å²) in [6.45, 7) is 2.31. The first-order valence-electron chi connectivity index (χ1n) is 4.60. The summed E-state index contributed by atoms with van der Waals surface area (Å²) in [4.78, 5) is 8.70. The SMILES string of the molecule is Cc1ncsc1CNc1ncc(F)cc1F. The van der Waals surface area contributed by atoms with Crippen LogP contribution in [0.2, 0.25) is 0 Å². The first-order valence-corrected chi connectivity index (χ1v) is 5.48. The predicted octanol–water partition coefficient (Wildman–Crippen LogP) is 2.74. The van der Waals surface area contributed by atoms with E-state index in [-0.39, 0.29) is 5.82 Å². The first kappa shape index (κ1) is 10.9. The van der Waals surface area contributed by atoms with Crippen LogP contribution in [0.4, 0.5) is 14.6 Å². The Balaban J connectivity index is 2.08. The molecule has 0 fully saturated rings. The van der Waals surface area contributed by atoms with Crippen LogP contribution in [-0.4, -0.2) is 9.97 Å². The Hall–Kier alpha value is -1.56. The van der Waals surface area contributed by atoms with Gasteiger partial charge in [-0.15, -0.1) is 11.3 Å². The van der Waals surface area contributed by atoms with Crippen molar-refractivity contribution in [2.75, 3.05) is 5.32 Å². The summed E-state index contributed by atoms with van der Waals surface area (Å²) in [5.74, 6) is -1.33. The van der Waals surface area contributed by atoms with E-state index >= 15 is 0 Å². The molecule has 0 radical (unpaired) electrons. The lowest BCUT2D eigenvalue weighted by Crippen LogP contribution is -2.03. The van der Waals surface area contributed by atoms with Crippen molar-refractivity contribution in [1.29, 1.82) is 0 Å². The van der Waals surface area contributed by atoms with Gasteiger partial charge in [0, 0.05) is 10.9 Å². The Morgan fingerprint density at radius 1 is 1.38 bits per heavy atom. The van der Waals surface area contributed by atoms with Crippen LogP contribution in [0, 0.1) is 18.6 Å². The number of hydrogen-bond acceptors (Lipinski definition) is 4. The highest BCUT2D eigenvalue weighted by Crippen LogP contribution is 2.16. The number of hydrogen-bond donors (Lipinski definition) is 1. The molecule has 3 nitrogen and oxygen atoms in total. The average molecular weight is 241 g/mol. The standard InChI is InChI=1S/C10H9F2N3S/c1-6-9(16-5-15-6)4-14-10-8(12)2-7(11)3-13-10/h2-3,5H,4H2,1H3,(H,13,14). The third kappa shape index (κ3) is 2.33. The number of nitrogens with zero attached hydrogens (tertiary/aromatic N) is 2. The van der Waals surface area contributed by atoms with Crippen molar-refractivity contribution in [1.82, 2.24) is 9.97 Å². The fourth-order valence-corrected chi connectivity index (χ4v) is 1.92. The van der Waals surface area contributed by atoms with Gasteiger partial charge in [-0.2, -0.15) is 0 Å². The maximum Gasteiger partial charge on any atom is 0.168 e. The molecular weight excluding hydrogens is 232 g/mol. The van der Waals surface area contributed by atoms with Gasteiger partial charge in [0.1, 0.15) is 5.82 Å². The fourth-order valence-electron chi connectivity index (χ4n) is 1.20. The second kappa shape index (κ2) is 4.52. The Labute approximate surface area is 95.2 Å². The molecular formula is C10H9F2N3S. The molecule has 0 saturated heterocycles. The van der Waals surface area contributed by atoms with E-state index in [1.807, 2.05) is 6.92 Å². The molecule has 0 unspecified atom stereocenters. The lowest BCUT2D eigenvalue weighted by atomic mass is 10.3. The molecule has 2 aromatic rings. The Morgan fingerprint density at radius 3 is 2.81 bits per heavy atom. The Bertz CT molecular complexity index is 499. The molecule has 0 saturated carbocycles. The van der Waals surface area contributed by atoms with Gasteiger partial charge in [0.15, 0.2) is 11.6 Å². The molecule has 16 heavy (non-hydrogen) atoms. The van der Waals surface area contributed by atoms with Crippen LogP contribution in [-0.2, 0) is 6.54 Å². The predicted molar refractivity (Wildman–Crippen MR) is 58.3 cm³/mol. The van der Waals surface area contributed by atoms with Crippen molar-refractivity contribution in [3.05, 3.63) is 40.0 Å². The van der Waals surface area contributed by atoms with Crippen molar-refractivity contribution in [3.8, 4) is 0 Å². The molecule has 2 rings (SSSR count). The van der Waals surface area contributed by atoms with Gasteiger partial charge in [0.05, 0.1) is 23.9 Å². The van der Waals surface area contributed by atoms with E-state index < -0.39 is 11.6 Å². The summed E-state index contributed by atoms with van der Waals surface area (Å²) in [6, 6.07) is 0.800. The van der Waals surface area contributed by atoms with Gasteiger partial charge >= 0.3 is 0 Å². The van der Waals surface area contributed by atoms with Crippen LogP contribution < -0.4 is 5.32 Å². The molecule has 2 aromatic heterocycles. The van der Waals surface area contributed by atoms with E-state index in [0.717, 1.165) is 22.8 Å². The fraction of sp³-hybridized carbons (Fsp3) is 0.200. The highest BCUT2D eigenvalue weighted by atomic mass is 32.1. The minimum absolute atomic E-state index is 0.0502. The lowest BCUT2D eigenvalue weighted by molar-refractivity contribution is 0.575. The molecule has 0 bridgehead atoms. The van der Waals surface area contributed by atoms with Crippen molar-refractivity contribution in [2.45, 2.75) is 13.5 Å². The Morgan fingerprint density at radius 2 is 2.19 bits per heavy atom. The number of anilines is 1. The van der Waals surface area contributed by atoms with Crippen molar-refractivity contribution < 1.29 is 8.78 Å². The minimum atomic E-state index is -0.692. The van der Waals surface area contributed by atoms with Gasteiger partial charge < -0.3 is 5.32 Å². The minimum Gasteiger partial charge on any atom is -0.363 e. The third-order valence-electron chi connectivity index (χ3n) is 2.07. The van der Waals surface area contributed by atoms with Gasteiger partial charge in [-0.05, 0) is 6.92 Å². The van der Waals surface area contributed by atoms with E-state index in [1.165, 1.54) is 11.3 Å². The van der Waals surface area contributed by atoms with E-state index in [4.69, 9.17) is 0 Å². The zero-order chi connectivity index (χ0) is 11.5. The molecule has 1 N–H and O–H groups in total. The topological polar surface area (TPSA) is 37.8 Å². The number of halogens is 2. The zero-order valence-corrected chi connectivity index (χ0v) is 9.31. The number of rotatable bonds is 3. The molecule has 0 spiro atoms. The van der Waals surface area contributed by atoms with Crippen molar-refractivity contribution in [2.24, 2.45) is 0 Å². The summed E-state index contributed by atoms with van der Waals surface area (Å²) in [7, 11) is 0. The normalized spacial score (nSPS) is 10.4. The summed E-state index contributed by atoms with van der Waals surface area (Å²) in [5, 5.41) is 2.80. The van der Waals surface area contributed by atoms with Crippen LogP contribution in [0.3, 0.4) is 0 Å². The Kier molecular flexibility index (Phi) is 3.09.